The van der Waals surface area contributed by atoms with Gasteiger partial charge in [0.05, 0.1) is 30.1 Å². The van der Waals surface area contributed by atoms with Gasteiger partial charge in [-0.25, -0.2) is 22.2 Å². The summed E-state index contributed by atoms with van der Waals surface area (Å²) in [6.45, 7) is 1.73. The van der Waals surface area contributed by atoms with Crippen molar-refractivity contribution in [3.63, 3.8) is 0 Å². The Balaban J connectivity index is 1.27. The Morgan fingerprint density at radius 2 is 2.00 bits per heavy atom. The molecule has 0 fully saturated rings. The van der Waals surface area contributed by atoms with Crippen LogP contribution in [-0.4, -0.2) is 41.0 Å². The van der Waals surface area contributed by atoms with Crippen LogP contribution in [-0.2, 0) is 23.4 Å². The number of amides is 1. The normalized spacial score (nSPS) is 16.4. The highest BCUT2D eigenvalue weighted by molar-refractivity contribution is 7.92. The molecule has 8 nitrogen and oxygen atoms in total. The van der Waals surface area contributed by atoms with Crippen molar-refractivity contribution < 1.29 is 26.7 Å². The zero-order valence-corrected chi connectivity index (χ0v) is 22.4. The van der Waals surface area contributed by atoms with Crippen LogP contribution >= 0.6 is 0 Å². The highest BCUT2D eigenvalue weighted by Gasteiger charge is 2.35. The molecule has 1 amide bonds. The highest BCUT2D eigenvalue weighted by Crippen LogP contribution is 2.35. The zero-order chi connectivity index (χ0) is 28.2. The number of fused-ring (bicyclic) bond motifs is 3. The van der Waals surface area contributed by atoms with Gasteiger partial charge in [0, 0.05) is 52.8 Å². The van der Waals surface area contributed by atoms with Gasteiger partial charge < -0.3 is 14.6 Å². The number of pyridine rings is 2. The lowest BCUT2D eigenvalue weighted by atomic mass is 10.1. The maximum absolute atomic E-state index is 14.7. The predicted octanol–water partition coefficient (Wildman–Crippen LogP) is 5.02. The van der Waals surface area contributed by atoms with Gasteiger partial charge in [-0.15, -0.1) is 0 Å². The van der Waals surface area contributed by atoms with Crippen LogP contribution in [0.2, 0.25) is 0 Å². The van der Waals surface area contributed by atoms with Crippen molar-refractivity contribution in [2.45, 2.75) is 30.3 Å². The van der Waals surface area contributed by atoms with Gasteiger partial charge >= 0.3 is 0 Å². The predicted molar refractivity (Wildman–Crippen MR) is 146 cm³/mol. The zero-order valence-electron chi connectivity index (χ0n) is 21.6. The van der Waals surface area contributed by atoms with E-state index in [1.165, 1.54) is 0 Å². The van der Waals surface area contributed by atoms with E-state index < -0.39 is 44.1 Å². The van der Waals surface area contributed by atoms with E-state index in [2.05, 4.69) is 27.0 Å². The van der Waals surface area contributed by atoms with Crippen LogP contribution in [0.4, 0.5) is 8.78 Å². The second-order valence-corrected chi connectivity index (χ2v) is 11.7. The number of aryl methyl sites for hydroxylation is 2. The SMILES string of the molecule is Cc1cc2c(-c3ccc4cnc(CNC(=O)c5cc(F)c6c(c5)S(=O)(=O)[C@@H](F)CCO6)cc4n3)cccc2n1C. The molecule has 1 aliphatic heterocycles. The van der Waals surface area contributed by atoms with Crippen molar-refractivity contribution in [3.05, 3.63) is 83.6 Å². The summed E-state index contributed by atoms with van der Waals surface area (Å²) in [5.41, 5.74) is 2.67. The number of nitrogens with zero attached hydrogens (tertiary/aromatic N) is 3. The topological polar surface area (TPSA) is 103 Å². The van der Waals surface area contributed by atoms with Gasteiger partial charge in [0.1, 0.15) is 4.90 Å². The minimum Gasteiger partial charge on any atom is -0.489 e. The monoisotopic (exact) mass is 562 g/mol. The fraction of sp³-hybridized carbons (Fsp3) is 0.207. The molecule has 6 rings (SSSR count). The number of carbonyl (C=O) groups is 1. The molecule has 4 heterocycles. The number of sulfone groups is 1. The first-order valence-electron chi connectivity index (χ1n) is 12.6. The molecule has 0 aliphatic carbocycles. The van der Waals surface area contributed by atoms with Crippen LogP contribution in [0.1, 0.15) is 28.2 Å². The maximum Gasteiger partial charge on any atom is 0.251 e. The molecule has 204 valence electrons. The molecule has 11 heteroatoms. The van der Waals surface area contributed by atoms with Crippen LogP contribution in [0.5, 0.6) is 5.75 Å². The number of alkyl halides is 1. The molecule has 0 bridgehead atoms. The molecular formula is C29H24F2N4O4S. The lowest BCUT2D eigenvalue weighted by Crippen LogP contribution is -2.24. The highest BCUT2D eigenvalue weighted by atomic mass is 32.2. The minimum absolute atomic E-state index is 0.0260. The first kappa shape index (κ1) is 25.9. The number of rotatable bonds is 4. The molecule has 1 N–H and O–H groups in total. The first-order valence-corrected chi connectivity index (χ1v) is 14.1. The van der Waals surface area contributed by atoms with Crippen LogP contribution < -0.4 is 10.1 Å². The summed E-state index contributed by atoms with van der Waals surface area (Å²) >= 11 is 0. The fourth-order valence-corrected chi connectivity index (χ4v) is 6.28. The quantitative estimate of drug-likeness (QED) is 0.330. The average molecular weight is 563 g/mol. The molecule has 0 unspecified atom stereocenters. The van der Waals surface area contributed by atoms with E-state index in [-0.39, 0.29) is 18.7 Å². The largest absolute Gasteiger partial charge is 0.489 e. The number of hydrogen-bond acceptors (Lipinski definition) is 6. The van der Waals surface area contributed by atoms with Crippen molar-refractivity contribution in [2.75, 3.05) is 6.61 Å². The summed E-state index contributed by atoms with van der Waals surface area (Å²) in [7, 11) is -2.48. The summed E-state index contributed by atoms with van der Waals surface area (Å²) < 4.78 is 61.1. The Morgan fingerprint density at radius 3 is 2.83 bits per heavy atom. The molecule has 0 spiro atoms. The van der Waals surface area contributed by atoms with Gasteiger partial charge in [0.25, 0.3) is 5.91 Å². The molecule has 0 saturated heterocycles. The third-order valence-electron chi connectivity index (χ3n) is 7.17. The maximum atomic E-state index is 14.7. The van der Waals surface area contributed by atoms with Crippen LogP contribution in [0.3, 0.4) is 0 Å². The number of nitrogens with one attached hydrogen (secondary N) is 1. The van der Waals surface area contributed by atoms with Gasteiger partial charge in [-0.2, -0.15) is 0 Å². The summed E-state index contributed by atoms with van der Waals surface area (Å²) in [4.78, 5) is 21.4. The van der Waals surface area contributed by atoms with E-state index in [1.807, 2.05) is 38.2 Å². The van der Waals surface area contributed by atoms with Gasteiger partial charge in [-0.05, 0) is 49.4 Å². The van der Waals surface area contributed by atoms with E-state index in [1.54, 1.807) is 12.3 Å². The molecule has 0 saturated carbocycles. The van der Waals surface area contributed by atoms with Gasteiger partial charge in [-0.1, -0.05) is 12.1 Å². The van der Waals surface area contributed by atoms with E-state index in [4.69, 9.17) is 9.72 Å². The van der Waals surface area contributed by atoms with Crippen molar-refractivity contribution in [1.82, 2.24) is 19.9 Å². The second-order valence-electron chi connectivity index (χ2n) is 9.71. The Kier molecular flexibility index (Phi) is 6.25. The summed E-state index contributed by atoms with van der Waals surface area (Å²) in [5.74, 6) is -2.37. The third-order valence-corrected chi connectivity index (χ3v) is 8.99. The molecule has 40 heavy (non-hydrogen) atoms. The smallest absolute Gasteiger partial charge is 0.251 e. The van der Waals surface area contributed by atoms with Gasteiger partial charge in [0.2, 0.25) is 15.3 Å². The number of carbonyl (C=O) groups excluding carboxylic acids is 1. The second kappa shape index (κ2) is 9.67. The number of halogens is 2. The average Bonchev–Trinajstić information content (AvgIpc) is 3.18. The Labute approximate surface area is 228 Å². The Hall–Kier alpha value is -4.38. The number of aromatic nitrogens is 3. The lowest BCUT2D eigenvalue weighted by Gasteiger charge is -2.12. The van der Waals surface area contributed by atoms with E-state index in [9.17, 15) is 22.0 Å². The lowest BCUT2D eigenvalue weighted by molar-refractivity contribution is 0.0949. The molecule has 5 aromatic rings. The molecule has 2 aromatic carbocycles. The summed E-state index contributed by atoms with van der Waals surface area (Å²) in [6.07, 6.45) is 1.22. The number of benzene rings is 2. The van der Waals surface area contributed by atoms with Crippen molar-refractivity contribution in [1.29, 1.82) is 0 Å². The fourth-order valence-electron chi connectivity index (χ4n) is 4.89. The summed E-state index contributed by atoms with van der Waals surface area (Å²) in [5, 5.41) is 4.53. The van der Waals surface area contributed by atoms with E-state index in [0.717, 1.165) is 45.4 Å². The van der Waals surface area contributed by atoms with E-state index >= 15 is 0 Å². The molecule has 3 aromatic heterocycles. The van der Waals surface area contributed by atoms with Gasteiger partial charge in [-0.3, -0.25) is 9.78 Å². The Bertz CT molecular complexity index is 1940. The minimum atomic E-state index is -4.50. The number of hydrogen-bond donors (Lipinski definition) is 1. The molecule has 0 radical (unpaired) electrons. The standard InChI is InChI=1S/C29H24F2N4O4S/c1-16-10-21-20(4-3-5-25(21)35(16)2)23-7-6-17-14-32-19(13-24(17)34-23)15-33-29(36)18-11-22(30)28-26(12-18)40(37,38)27(31)8-9-39-28/h3-7,10-14,27H,8-9,15H2,1-2H3,(H,33,36)/t27-/m1/s1. The third kappa shape index (κ3) is 4.36. The van der Waals surface area contributed by atoms with E-state index in [0.29, 0.717) is 11.2 Å². The molecule has 1 aliphatic rings. The molecular weight excluding hydrogens is 538 g/mol. The van der Waals surface area contributed by atoms with Crippen LogP contribution in [0.15, 0.2) is 65.7 Å². The van der Waals surface area contributed by atoms with Crippen molar-refractivity contribution in [3.8, 4) is 17.0 Å². The van der Waals surface area contributed by atoms with Crippen LogP contribution in [0, 0.1) is 12.7 Å². The van der Waals surface area contributed by atoms with Crippen LogP contribution in [0.25, 0.3) is 33.1 Å². The summed E-state index contributed by atoms with van der Waals surface area (Å²) in [6, 6.07) is 15.6. The van der Waals surface area contributed by atoms with Crippen molar-refractivity contribution >= 4 is 37.6 Å². The van der Waals surface area contributed by atoms with Crippen molar-refractivity contribution in [2.24, 2.45) is 7.05 Å². The molecule has 1 atom stereocenters. The van der Waals surface area contributed by atoms with Gasteiger partial charge in [0.15, 0.2) is 11.6 Å². The first-order chi connectivity index (χ1) is 19.1. The Morgan fingerprint density at radius 1 is 1.18 bits per heavy atom. The number of ether oxygens (including phenoxy) is 1.